The minimum absolute atomic E-state index is 0.185. The molecule has 3 heterocycles. The zero-order valence-corrected chi connectivity index (χ0v) is 21.7. The minimum atomic E-state index is -1.66. The van der Waals surface area contributed by atoms with E-state index in [0.29, 0.717) is 48.3 Å². The lowest BCUT2D eigenvalue weighted by molar-refractivity contribution is -0.271. The van der Waals surface area contributed by atoms with Crippen molar-refractivity contribution in [2.75, 3.05) is 19.7 Å². The van der Waals surface area contributed by atoms with Crippen LogP contribution in [-0.2, 0) is 17.6 Å². The quantitative estimate of drug-likeness (QED) is 0.255. The zero-order valence-electron chi connectivity index (χ0n) is 21.7. The fraction of sp³-hybridized carbons (Fsp3) is 0.571. The first-order valence-corrected chi connectivity index (χ1v) is 13.5. The van der Waals surface area contributed by atoms with Gasteiger partial charge in [-0.1, -0.05) is 0 Å². The van der Waals surface area contributed by atoms with Gasteiger partial charge in [0.2, 0.25) is 0 Å². The summed E-state index contributed by atoms with van der Waals surface area (Å²) in [5.41, 5.74) is 1.36. The molecule has 0 aromatic heterocycles. The molecule has 10 nitrogen and oxygen atoms in total. The van der Waals surface area contributed by atoms with Crippen LogP contribution in [0.25, 0.3) is 0 Å². The van der Waals surface area contributed by atoms with Crippen molar-refractivity contribution < 1.29 is 53.6 Å². The second kappa shape index (κ2) is 12.2. The van der Waals surface area contributed by atoms with Gasteiger partial charge in [-0.2, -0.15) is 0 Å². The summed E-state index contributed by atoms with van der Waals surface area (Å²) < 4.78 is 44.8. The zero-order chi connectivity index (χ0) is 28.6. The maximum atomic E-state index is 13.6. The van der Waals surface area contributed by atoms with Crippen LogP contribution in [0, 0.1) is 11.6 Å². The molecule has 1 fully saturated rings. The Morgan fingerprint density at radius 2 is 1.27 bits per heavy atom. The molecule has 3 aliphatic rings. The maximum absolute atomic E-state index is 13.6. The van der Waals surface area contributed by atoms with Gasteiger partial charge in [0.1, 0.15) is 78.2 Å². The number of benzene rings is 2. The molecule has 40 heavy (non-hydrogen) atoms. The molecule has 1 saturated heterocycles. The highest BCUT2D eigenvalue weighted by Crippen LogP contribution is 2.32. The number of rotatable bonds is 8. The van der Waals surface area contributed by atoms with Crippen molar-refractivity contribution in [2.45, 2.75) is 80.7 Å². The molecule has 0 aliphatic carbocycles. The Hall–Kier alpha value is -2.42. The third-order valence-electron chi connectivity index (χ3n) is 7.93. The number of ether oxygens (including phenoxy) is 3. The fourth-order valence-electron chi connectivity index (χ4n) is 5.68. The molecule has 6 N–H and O–H groups in total. The number of halogens is 2. The van der Waals surface area contributed by atoms with E-state index in [1.54, 1.807) is 0 Å². The predicted molar refractivity (Wildman–Crippen MR) is 136 cm³/mol. The van der Waals surface area contributed by atoms with Gasteiger partial charge in [-0.15, -0.1) is 0 Å². The first-order chi connectivity index (χ1) is 19.1. The van der Waals surface area contributed by atoms with Crippen molar-refractivity contribution in [2.24, 2.45) is 0 Å². The molecule has 2 aromatic carbocycles. The van der Waals surface area contributed by atoms with Gasteiger partial charge in [-0.25, -0.2) is 8.78 Å². The van der Waals surface area contributed by atoms with Crippen LogP contribution in [0.5, 0.6) is 11.5 Å². The second-order valence-corrected chi connectivity index (χ2v) is 10.7. The highest BCUT2D eigenvalue weighted by molar-refractivity contribution is 5.37. The number of hydrogen-bond donors (Lipinski definition) is 6. The van der Waals surface area contributed by atoms with E-state index in [1.165, 1.54) is 41.3 Å². The van der Waals surface area contributed by atoms with Crippen LogP contribution in [0.1, 0.15) is 24.0 Å². The van der Waals surface area contributed by atoms with Crippen LogP contribution in [0.3, 0.4) is 0 Å². The first-order valence-electron chi connectivity index (χ1n) is 13.5. The summed E-state index contributed by atoms with van der Waals surface area (Å²) >= 11 is 0. The summed E-state index contributed by atoms with van der Waals surface area (Å²) in [6, 6.07) is 8.28. The Morgan fingerprint density at radius 3 is 1.75 bits per heavy atom. The predicted octanol–water partition coefficient (Wildman–Crippen LogP) is -0.124. The largest absolute Gasteiger partial charge is 0.487 e. The Morgan fingerprint density at radius 1 is 0.775 bits per heavy atom. The number of nitrogens with zero attached hydrogens (tertiary/aromatic N) is 1. The molecular weight excluding hydrogens is 532 g/mol. The van der Waals surface area contributed by atoms with E-state index in [-0.39, 0.29) is 24.7 Å². The van der Waals surface area contributed by atoms with Gasteiger partial charge in [0.25, 0.3) is 0 Å². The molecule has 0 bridgehead atoms. The lowest BCUT2D eigenvalue weighted by Crippen LogP contribution is -2.65. The molecule has 0 saturated carbocycles. The van der Waals surface area contributed by atoms with Crippen LogP contribution in [0.4, 0.5) is 8.78 Å². The van der Waals surface area contributed by atoms with E-state index in [1.807, 2.05) is 0 Å². The second-order valence-electron chi connectivity index (χ2n) is 10.7. The van der Waals surface area contributed by atoms with E-state index in [0.717, 1.165) is 0 Å². The highest BCUT2D eigenvalue weighted by Gasteiger charge is 2.47. The molecule has 5 rings (SSSR count). The van der Waals surface area contributed by atoms with E-state index in [2.05, 4.69) is 0 Å². The summed E-state index contributed by atoms with van der Waals surface area (Å²) in [7, 11) is 0. The molecule has 0 spiro atoms. The van der Waals surface area contributed by atoms with Crippen LogP contribution >= 0.6 is 0 Å². The van der Waals surface area contributed by atoms with Gasteiger partial charge >= 0.3 is 0 Å². The van der Waals surface area contributed by atoms with E-state index >= 15 is 0 Å². The first kappa shape index (κ1) is 29.1. The molecule has 0 amide bonds. The third-order valence-corrected chi connectivity index (χ3v) is 7.93. The molecule has 220 valence electrons. The standard InChI is InChI=1S/C28H35F2NO9/c29-16-3-7-20-14(9-16)1-5-22(38-20)18(33)11-31(28-27(37)26(36)25(35)24(13-32)40-28)12-19(34)23-6-2-15-10-17(30)4-8-21(15)39-23/h3-4,7-10,18-19,22-28,32-37H,1-2,5-6,11-13H2/t18-,19-,22-,23+,24+,25-,26-,27+,28?/m0/s1. The Kier molecular flexibility index (Phi) is 8.88. The lowest BCUT2D eigenvalue weighted by atomic mass is 9.95. The van der Waals surface area contributed by atoms with Gasteiger partial charge in [0.05, 0.1) is 6.61 Å². The number of aliphatic hydroxyl groups excluding tert-OH is 6. The molecule has 9 atom stereocenters. The average molecular weight is 568 g/mol. The van der Waals surface area contributed by atoms with E-state index < -0.39 is 61.7 Å². The normalized spacial score (nSPS) is 31.5. The number of aryl methyl sites for hydroxylation is 2. The number of fused-ring (bicyclic) bond motifs is 2. The molecule has 1 unspecified atom stereocenters. The van der Waals surface area contributed by atoms with Crippen LogP contribution in [-0.4, -0.2) is 110 Å². The van der Waals surface area contributed by atoms with E-state index in [9.17, 15) is 39.4 Å². The summed E-state index contributed by atoms with van der Waals surface area (Å²) in [4.78, 5) is 1.42. The summed E-state index contributed by atoms with van der Waals surface area (Å²) in [5.74, 6) is 0.118. The highest BCUT2D eigenvalue weighted by atomic mass is 19.1. The number of aliphatic hydroxyl groups is 6. The molecule has 0 radical (unpaired) electrons. The SMILES string of the molecule is OC[C@H]1OC(N(C[C@H](O)[C@@H]2CCc3cc(F)ccc3O2)C[C@H](O)[C@H]2CCc3cc(F)ccc3O2)[C@H](O)[C@@H](O)[C@H]1O. The Bertz CT molecular complexity index is 1100. The average Bonchev–Trinajstić information content (AvgIpc) is 2.95. The summed E-state index contributed by atoms with van der Waals surface area (Å²) in [6.07, 6.45) is -9.41. The number of hydrogen-bond acceptors (Lipinski definition) is 10. The van der Waals surface area contributed by atoms with Crippen LogP contribution < -0.4 is 9.47 Å². The van der Waals surface area contributed by atoms with Crippen molar-refractivity contribution in [3.63, 3.8) is 0 Å². The monoisotopic (exact) mass is 567 g/mol. The summed E-state index contributed by atoms with van der Waals surface area (Å²) in [6.45, 7) is -1.01. The van der Waals surface area contributed by atoms with Crippen LogP contribution in [0.2, 0.25) is 0 Å². The van der Waals surface area contributed by atoms with Crippen LogP contribution in [0.15, 0.2) is 36.4 Å². The van der Waals surface area contributed by atoms with Gasteiger partial charge < -0.3 is 44.8 Å². The van der Waals surface area contributed by atoms with Gasteiger partial charge in [-0.05, 0) is 73.2 Å². The van der Waals surface area contributed by atoms with Crippen molar-refractivity contribution in [1.82, 2.24) is 4.90 Å². The van der Waals surface area contributed by atoms with E-state index in [4.69, 9.17) is 14.2 Å². The summed E-state index contributed by atoms with van der Waals surface area (Å²) in [5, 5.41) is 63.5. The molecule has 3 aliphatic heterocycles. The molecule has 12 heteroatoms. The topological polar surface area (TPSA) is 152 Å². The fourth-order valence-corrected chi connectivity index (χ4v) is 5.68. The lowest BCUT2D eigenvalue weighted by Gasteiger charge is -2.46. The van der Waals surface area contributed by atoms with Crippen molar-refractivity contribution >= 4 is 0 Å². The maximum Gasteiger partial charge on any atom is 0.140 e. The van der Waals surface area contributed by atoms with Crippen molar-refractivity contribution in [1.29, 1.82) is 0 Å². The molecular formula is C28H35F2NO9. The Labute approximate surface area is 230 Å². The van der Waals surface area contributed by atoms with Crippen molar-refractivity contribution in [3.05, 3.63) is 59.2 Å². The third kappa shape index (κ3) is 6.09. The van der Waals surface area contributed by atoms with Gasteiger partial charge in [-0.3, -0.25) is 4.90 Å². The smallest absolute Gasteiger partial charge is 0.140 e. The molecule has 2 aromatic rings. The van der Waals surface area contributed by atoms with Gasteiger partial charge in [0, 0.05) is 13.1 Å². The van der Waals surface area contributed by atoms with Gasteiger partial charge in [0.15, 0.2) is 0 Å². The minimum Gasteiger partial charge on any atom is -0.487 e. The van der Waals surface area contributed by atoms with Crippen molar-refractivity contribution in [3.8, 4) is 11.5 Å². The Balaban J connectivity index is 1.33.